The van der Waals surface area contributed by atoms with Crippen LogP contribution >= 0.6 is 0 Å². The molecule has 2 amide bonds. The van der Waals surface area contributed by atoms with Crippen LogP contribution in [0.4, 0.5) is 22.0 Å². The van der Waals surface area contributed by atoms with Gasteiger partial charge in [0.1, 0.15) is 17.9 Å². The molecule has 32 heavy (non-hydrogen) atoms. The van der Waals surface area contributed by atoms with E-state index in [4.69, 9.17) is 0 Å². The van der Waals surface area contributed by atoms with E-state index in [9.17, 15) is 36.3 Å². The number of carbonyl (C=O) groups excluding carboxylic acids is 2. The fraction of sp³-hybridized carbons (Fsp3) is 0.350. The molecule has 3 rings (SSSR count). The zero-order valence-corrected chi connectivity index (χ0v) is 16.5. The van der Waals surface area contributed by atoms with Crippen LogP contribution in [-0.2, 0) is 17.5 Å². The molecule has 0 aliphatic carbocycles. The lowest BCUT2D eigenvalue weighted by atomic mass is 10.1. The van der Waals surface area contributed by atoms with Crippen molar-refractivity contribution in [1.29, 1.82) is 0 Å². The maximum Gasteiger partial charge on any atom is 0.421 e. The molecule has 0 radical (unpaired) electrons. The van der Waals surface area contributed by atoms with E-state index in [1.807, 2.05) is 0 Å². The SMILES string of the molecule is O=C(Cn1cccc(C(F)(F)F)c1=O)N1CCN(C(=O)c2ccccc2OC(F)F)CC1. The van der Waals surface area contributed by atoms with Gasteiger partial charge in [0.15, 0.2) is 0 Å². The van der Waals surface area contributed by atoms with E-state index in [0.29, 0.717) is 10.6 Å². The Labute approximate surface area is 178 Å². The van der Waals surface area contributed by atoms with Crippen LogP contribution in [-0.4, -0.2) is 59.0 Å². The van der Waals surface area contributed by atoms with Crippen molar-refractivity contribution in [2.24, 2.45) is 0 Å². The molecule has 7 nitrogen and oxygen atoms in total. The molecule has 1 fully saturated rings. The van der Waals surface area contributed by atoms with Gasteiger partial charge < -0.3 is 19.1 Å². The minimum atomic E-state index is -4.83. The van der Waals surface area contributed by atoms with Crippen LogP contribution in [0.3, 0.4) is 0 Å². The highest BCUT2D eigenvalue weighted by molar-refractivity contribution is 5.97. The zero-order chi connectivity index (χ0) is 23.5. The molecule has 1 aliphatic rings. The summed E-state index contributed by atoms with van der Waals surface area (Å²) in [6, 6.07) is 7.21. The number of alkyl halides is 5. The normalized spacial score (nSPS) is 14.6. The molecule has 0 N–H and O–H groups in total. The van der Waals surface area contributed by atoms with Crippen molar-refractivity contribution in [2.75, 3.05) is 26.2 Å². The average molecular weight is 459 g/mol. The fourth-order valence-corrected chi connectivity index (χ4v) is 3.29. The summed E-state index contributed by atoms with van der Waals surface area (Å²) in [4.78, 5) is 39.8. The summed E-state index contributed by atoms with van der Waals surface area (Å²) in [7, 11) is 0. The lowest BCUT2D eigenvalue weighted by molar-refractivity contribution is -0.139. The number of nitrogens with zero attached hydrogens (tertiary/aromatic N) is 3. The van der Waals surface area contributed by atoms with Crippen molar-refractivity contribution in [3.8, 4) is 5.75 Å². The highest BCUT2D eigenvalue weighted by atomic mass is 19.4. The predicted molar refractivity (Wildman–Crippen MR) is 101 cm³/mol. The molecular formula is C20H18F5N3O4. The van der Waals surface area contributed by atoms with Crippen molar-refractivity contribution < 1.29 is 36.3 Å². The number of aromatic nitrogens is 1. The van der Waals surface area contributed by atoms with Gasteiger partial charge in [0.25, 0.3) is 11.5 Å². The van der Waals surface area contributed by atoms with Gasteiger partial charge in [-0.3, -0.25) is 14.4 Å². The van der Waals surface area contributed by atoms with Gasteiger partial charge in [-0.05, 0) is 24.3 Å². The Morgan fingerprint density at radius 2 is 1.59 bits per heavy atom. The van der Waals surface area contributed by atoms with Crippen LogP contribution in [0.2, 0.25) is 0 Å². The first kappa shape index (κ1) is 23.2. The minimum Gasteiger partial charge on any atom is -0.434 e. The van der Waals surface area contributed by atoms with Gasteiger partial charge in [-0.15, -0.1) is 0 Å². The quantitative estimate of drug-likeness (QED) is 0.645. The Bertz CT molecular complexity index is 1050. The van der Waals surface area contributed by atoms with Gasteiger partial charge in [0.2, 0.25) is 5.91 Å². The first-order valence-corrected chi connectivity index (χ1v) is 9.45. The van der Waals surface area contributed by atoms with Crippen LogP contribution in [0.25, 0.3) is 0 Å². The smallest absolute Gasteiger partial charge is 0.421 e. The third-order valence-corrected chi connectivity index (χ3v) is 4.88. The van der Waals surface area contributed by atoms with Crippen molar-refractivity contribution in [3.63, 3.8) is 0 Å². The molecule has 0 unspecified atom stereocenters. The maximum atomic E-state index is 12.9. The molecule has 0 spiro atoms. The van der Waals surface area contributed by atoms with E-state index in [1.54, 1.807) is 0 Å². The molecule has 172 valence electrons. The first-order chi connectivity index (χ1) is 15.1. The molecule has 1 aromatic heterocycles. The van der Waals surface area contributed by atoms with Gasteiger partial charge in [-0.25, -0.2) is 0 Å². The van der Waals surface area contributed by atoms with Crippen molar-refractivity contribution >= 4 is 11.8 Å². The lowest BCUT2D eigenvalue weighted by Crippen LogP contribution is -2.51. The maximum absolute atomic E-state index is 12.9. The number of benzene rings is 1. The number of amides is 2. The van der Waals surface area contributed by atoms with Crippen LogP contribution in [0.15, 0.2) is 47.4 Å². The third-order valence-electron chi connectivity index (χ3n) is 4.88. The van der Waals surface area contributed by atoms with E-state index < -0.39 is 42.3 Å². The van der Waals surface area contributed by atoms with Gasteiger partial charge >= 0.3 is 12.8 Å². The van der Waals surface area contributed by atoms with Crippen molar-refractivity contribution in [2.45, 2.75) is 19.3 Å². The molecule has 12 heteroatoms. The Kier molecular flexibility index (Phi) is 6.80. The number of para-hydroxylation sites is 1. The Balaban J connectivity index is 1.64. The molecule has 1 aliphatic heterocycles. The van der Waals surface area contributed by atoms with Gasteiger partial charge in [0, 0.05) is 32.4 Å². The zero-order valence-electron chi connectivity index (χ0n) is 16.5. The number of rotatable bonds is 5. The van der Waals surface area contributed by atoms with Crippen molar-refractivity contribution in [3.05, 3.63) is 64.1 Å². The average Bonchev–Trinajstić information content (AvgIpc) is 2.74. The van der Waals surface area contributed by atoms with Crippen LogP contribution in [0.1, 0.15) is 15.9 Å². The Morgan fingerprint density at radius 1 is 0.969 bits per heavy atom. The summed E-state index contributed by atoms with van der Waals surface area (Å²) in [6.45, 7) is -3.40. The summed E-state index contributed by atoms with van der Waals surface area (Å²) >= 11 is 0. The highest BCUT2D eigenvalue weighted by Crippen LogP contribution is 2.26. The molecule has 2 heterocycles. The number of hydrogen-bond acceptors (Lipinski definition) is 4. The first-order valence-electron chi connectivity index (χ1n) is 9.45. The third kappa shape index (κ3) is 5.24. The van der Waals surface area contributed by atoms with Crippen LogP contribution < -0.4 is 10.3 Å². The van der Waals surface area contributed by atoms with Crippen molar-refractivity contribution in [1.82, 2.24) is 14.4 Å². The summed E-state index contributed by atoms with van der Waals surface area (Å²) in [5, 5.41) is 0. The molecule has 1 aromatic carbocycles. The van der Waals surface area contributed by atoms with E-state index in [-0.39, 0.29) is 37.5 Å². The summed E-state index contributed by atoms with van der Waals surface area (Å²) in [5.74, 6) is -1.41. The standard InChI is InChI=1S/C20H18F5N3O4/c21-19(22)32-15-6-2-1-4-13(15)17(30)27-10-8-26(9-11-27)16(29)12-28-7-3-5-14(18(28)31)20(23,24)25/h1-7,19H,8-12H2. The number of pyridine rings is 1. The molecule has 2 aromatic rings. The van der Waals surface area contributed by atoms with Gasteiger partial charge in [-0.2, -0.15) is 22.0 Å². The molecule has 1 saturated heterocycles. The Morgan fingerprint density at radius 3 is 2.22 bits per heavy atom. The van der Waals surface area contributed by atoms with Crippen LogP contribution in [0.5, 0.6) is 5.75 Å². The summed E-state index contributed by atoms with van der Waals surface area (Å²) < 4.78 is 68.8. The second kappa shape index (κ2) is 9.37. The second-order valence-corrected chi connectivity index (χ2v) is 6.90. The largest absolute Gasteiger partial charge is 0.434 e. The molecule has 0 bridgehead atoms. The van der Waals surface area contributed by atoms with E-state index in [1.165, 1.54) is 34.1 Å². The molecular weight excluding hydrogens is 441 g/mol. The van der Waals surface area contributed by atoms with E-state index >= 15 is 0 Å². The van der Waals surface area contributed by atoms with Crippen LogP contribution in [0, 0.1) is 0 Å². The molecule has 0 saturated carbocycles. The van der Waals surface area contributed by atoms with Gasteiger partial charge in [0.05, 0.1) is 5.56 Å². The second-order valence-electron chi connectivity index (χ2n) is 6.90. The minimum absolute atomic E-state index is 0.0527. The topological polar surface area (TPSA) is 71.9 Å². The highest BCUT2D eigenvalue weighted by Gasteiger charge is 2.34. The number of ether oxygens (including phenoxy) is 1. The fourth-order valence-electron chi connectivity index (χ4n) is 3.29. The van der Waals surface area contributed by atoms with Gasteiger partial charge in [-0.1, -0.05) is 12.1 Å². The number of halogens is 5. The monoisotopic (exact) mass is 459 g/mol. The number of piperazine rings is 1. The Hall–Kier alpha value is -3.44. The predicted octanol–water partition coefficient (Wildman–Crippen LogP) is 2.45. The summed E-state index contributed by atoms with van der Waals surface area (Å²) in [6.07, 6.45) is -3.74. The molecule has 0 atom stereocenters. The van der Waals surface area contributed by atoms with E-state index in [2.05, 4.69) is 4.74 Å². The van der Waals surface area contributed by atoms with E-state index in [0.717, 1.165) is 12.3 Å². The summed E-state index contributed by atoms with van der Waals surface area (Å²) in [5.41, 5.74) is -2.74. The lowest BCUT2D eigenvalue weighted by Gasteiger charge is -2.35. The number of carbonyl (C=O) groups is 2. The number of hydrogen-bond donors (Lipinski definition) is 0.